The van der Waals surface area contributed by atoms with Crippen molar-refractivity contribution in [1.29, 1.82) is 0 Å². The molecule has 0 aliphatic heterocycles. The molecule has 0 amide bonds. The van der Waals surface area contributed by atoms with Crippen LogP contribution in [0.15, 0.2) is 83.8 Å². The van der Waals surface area contributed by atoms with Gasteiger partial charge in [0.2, 0.25) is 0 Å². The third-order valence-corrected chi connectivity index (χ3v) is 6.73. The lowest BCUT2D eigenvalue weighted by atomic mass is 10.1. The first kappa shape index (κ1) is 24.5. The Kier molecular flexibility index (Phi) is 7.21. The molecular weight excluding hydrogens is 475 g/mol. The number of halogens is 3. The number of nitrogens with zero attached hydrogens (tertiary/aromatic N) is 1. The first-order valence-corrected chi connectivity index (χ1v) is 11.7. The van der Waals surface area contributed by atoms with Crippen LogP contribution in [-0.4, -0.2) is 10.4 Å². The van der Waals surface area contributed by atoms with E-state index in [1.54, 1.807) is 12.3 Å². The molecule has 0 aliphatic rings. The predicted molar refractivity (Wildman–Crippen MR) is 130 cm³/mol. The number of ether oxygens (including phenoxy) is 1. The zero-order valence-electron chi connectivity index (χ0n) is 18.8. The van der Waals surface area contributed by atoms with Gasteiger partial charge in [0.1, 0.15) is 17.4 Å². The Hall–Kier alpha value is -3.65. The number of aryl methyl sites for hydroxylation is 2. The van der Waals surface area contributed by atoms with E-state index < -0.39 is 11.7 Å². The van der Waals surface area contributed by atoms with Gasteiger partial charge >= 0.3 is 6.18 Å². The summed E-state index contributed by atoms with van der Waals surface area (Å²) in [4.78, 5) is 26.1. The Bertz CT molecular complexity index is 1370. The lowest BCUT2D eigenvalue weighted by molar-refractivity contribution is -0.137. The van der Waals surface area contributed by atoms with E-state index in [0.29, 0.717) is 34.0 Å². The Morgan fingerprint density at radius 1 is 0.971 bits per heavy atom. The van der Waals surface area contributed by atoms with Gasteiger partial charge in [-0.2, -0.15) is 13.2 Å². The second-order valence-corrected chi connectivity index (χ2v) is 9.09. The van der Waals surface area contributed by atoms with E-state index in [0.717, 1.165) is 23.3 Å². The summed E-state index contributed by atoms with van der Waals surface area (Å²) < 4.78 is 45.1. The molecule has 8 heteroatoms. The molecule has 0 saturated heterocycles. The Balaban J connectivity index is 1.42. The van der Waals surface area contributed by atoms with Crippen LogP contribution in [0, 0.1) is 6.92 Å². The normalized spacial score (nSPS) is 11.4. The smallest absolute Gasteiger partial charge is 0.416 e. The van der Waals surface area contributed by atoms with Crippen LogP contribution in [0.5, 0.6) is 5.75 Å². The van der Waals surface area contributed by atoms with Crippen molar-refractivity contribution in [3.05, 3.63) is 116 Å². The van der Waals surface area contributed by atoms with E-state index in [1.165, 1.54) is 34.1 Å². The van der Waals surface area contributed by atoms with Gasteiger partial charge in [-0.25, -0.2) is 0 Å². The third-order valence-electron chi connectivity index (χ3n) is 5.46. The van der Waals surface area contributed by atoms with Crippen molar-refractivity contribution in [3.63, 3.8) is 0 Å². The second kappa shape index (κ2) is 10.3. The summed E-state index contributed by atoms with van der Waals surface area (Å²) in [5.74, 6) is 0.339. The van der Waals surface area contributed by atoms with Crippen molar-refractivity contribution in [3.8, 4) is 10.8 Å². The number of carbonyl (C=O) groups is 1. The van der Waals surface area contributed by atoms with Gasteiger partial charge in [-0.05, 0) is 54.3 Å². The summed E-state index contributed by atoms with van der Waals surface area (Å²) in [6, 6.07) is 19.2. The fourth-order valence-electron chi connectivity index (χ4n) is 3.57. The second-order valence-electron chi connectivity index (χ2n) is 8.06. The van der Waals surface area contributed by atoms with Gasteiger partial charge in [0.25, 0.3) is 5.56 Å². The zero-order valence-corrected chi connectivity index (χ0v) is 19.7. The number of aromatic nitrogens is 1. The number of thiophene rings is 1. The molecule has 2 aromatic heterocycles. The quantitative estimate of drug-likeness (QED) is 0.257. The van der Waals surface area contributed by atoms with Crippen LogP contribution in [-0.2, 0) is 19.2 Å². The average molecular weight is 498 g/mol. The number of benzene rings is 2. The Morgan fingerprint density at radius 2 is 1.69 bits per heavy atom. The molecule has 0 bridgehead atoms. The molecular formula is C27H22F3NO3S. The minimum atomic E-state index is -4.39. The molecule has 2 heterocycles. The monoisotopic (exact) mass is 497 g/mol. The molecule has 4 nitrogen and oxygen atoms in total. The van der Waals surface area contributed by atoms with Crippen LogP contribution in [0.1, 0.15) is 38.3 Å². The maximum atomic E-state index is 12.8. The number of hydrogen-bond acceptors (Lipinski definition) is 4. The molecule has 0 N–H and O–H groups in total. The van der Waals surface area contributed by atoms with Gasteiger partial charge in [0.05, 0.1) is 10.4 Å². The number of Topliss-reactive ketones (excluding diaryl/α,β-unsaturated/α-hetero) is 1. The zero-order chi connectivity index (χ0) is 25.0. The molecule has 0 atom stereocenters. The minimum absolute atomic E-state index is 0.0275. The lowest BCUT2D eigenvalue weighted by Gasteiger charge is -2.10. The third kappa shape index (κ3) is 6.08. The maximum absolute atomic E-state index is 12.8. The highest BCUT2D eigenvalue weighted by Crippen LogP contribution is 2.29. The largest absolute Gasteiger partial charge is 0.489 e. The molecule has 4 rings (SSSR count). The van der Waals surface area contributed by atoms with E-state index in [2.05, 4.69) is 0 Å². The number of hydrogen-bond donors (Lipinski definition) is 0. The summed E-state index contributed by atoms with van der Waals surface area (Å²) in [5, 5.41) is 0.629. The molecule has 0 radical (unpaired) electrons. The summed E-state index contributed by atoms with van der Waals surface area (Å²) >= 11 is 1.27. The van der Waals surface area contributed by atoms with Gasteiger partial charge in [-0.1, -0.05) is 42.5 Å². The molecule has 0 unspecified atom stereocenters. The predicted octanol–water partition coefficient (Wildman–Crippen LogP) is 6.62. The van der Waals surface area contributed by atoms with E-state index in [-0.39, 0.29) is 17.9 Å². The van der Waals surface area contributed by atoms with E-state index in [4.69, 9.17) is 4.74 Å². The van der Waals surface area contributed by atoms with Crippen molar-refractivity contribution in [2.45, 2.75) is 32.5 Å². The first-order chi connectivity index (χ1) is 16.7. The number of alkyl halides is 3. The molecule has 0 spiro atoms. The summed E-state index contributed by atoms with van der Waals surface area (Å²) in [7, 11) is 0. The van der Waals surface area contributed by atoms with Gasteiger partial charge in [-0.3, -0.25) is 14.2 Å². The van der Waals surface area contributed by atoms with Gasteiger partial charge in [0.15, 0.2) is 5.78 Å². The van der Waals surface area contributed by atoms with Gasteiger partial charge in [0, 0.05) is 18.7 Å². The van der Waals surface area contributed by atoms with Crippen molar-refractivity contribution in [1.82, 2.24) is 4.57 Å². The van der Waals surface area contributed by atoms with Crippen LogP contribution in [0.2, 0.25) is 0 Å². The fourth-order valence-corrected chi connectivity index (χ4v) is 4.70. The van der Waals surface area contributed by atoms with Gasteiger partial charge < -0.3 is 4.74 Å². The molecule has 0 fully saturated rings. The summed E-state index contributed by atoms with van der Waals surface area (Å²) in [6.07, 6.45) is -1.79. The minimum Gasteiger partial charge on any atom is -0.489 e. The van der Waals surface area contributed by atoms with Crippen molar-refractivity contribution < 1.29 is 22.7 Å². The molecule has 180 valence electrons. The lowest BCUT2D eigenvalue weighted by Crippen LogP contribution is -2.15. The van der Waals surface area contributed by atoms with Crippen LogP contribution in [0.4, 0.5) is 13.2 Å². The van der Waals surface area contributed by atoms with Crippen LogP contribution in [0.25, 0.3) is 5.00 Å². The van der Waals surface area contributed by atoms with Crippen molar-refractivity contribution >= 4 is 17.1 Å². The van der Waals surface area contributed by atoms with E-state index >= 15 is 0 Å². The SMILES string of the molecule is Cc1cc(-n2ccc(OCc3ccc(C(F)(F)F)cc3)cc2=O)sc1C(=O)CCc1ccccc1. The van der Waals surface area contributed by atoms with Crippen LogP contribution >= 0.6 is 11.3 Å². The molecule has 0 aliphatic carbocycles. The van der Waals surface area contributed by atoms with Crippen molar-refractivity contribution in [2.24, 2.45) is 0 Å². The molecule has 35 heavy (non-hydrogen) atoms. The maximum Gasteiger partial charge on any atom is 0.416 e. The van der Waals surface area contributed by atoms with Gasteiger partial charge in [-0.15, -0.1) is 11.3 Å². The highest BCUT2D eigenvalue weighted by Gasteiger charge is 2.29. The van der Waals surface area contributed by atoms with E-state index in [9.17, 15) is 22.8 Å². The molecule has 0 saturated carbocycles. The summed E-state index contributed by atoms with van der Waals surface area (Å²) in [5.41, 5.74) is 1.40. The highest BCUT2D eigenvalue weighted by molar-refractivity contribution is 7.16. The van der Waals surface area contributed by atoms with Crippen LogP contribution in [0.3, 0.4) is 0 Å². The number of carbonyl (C=O) groups excluding carboxylic acids is 1. The highest BCUT2D eigenvalue weighted by atomic mass is 32.1. The van der Waals surface area contributed by atoms with E-state index in [1.807, 2.05) is 43.3 Å². The number of pyridine rings is 1. The Morgan fingerprint density at radius 3 is 2.34 bits per heavy atom. The standard InChI is InChI=1S/C27H22F3NO3S/c1-18-15-25(35-26(18)23(32)12-9-19-5-3-2-4-6-19)31-14-13-22(16-24(31)33)34-17-20-7-10-21(11-8-20)27(28,29)30/h2-8,10-11,13-16H,9,12,17H2,1H3. The first-order valence-electron chi connectivity index (χ1n) is 10.9. The Labute approximate surface area is 204 Å². The van der Waals surface area contributed by atoms with Crippen molar-refractivity contribution in [2.75, 3.05) is 0 Å². The molecule has 2 aromatic carbocycles. The number of rotatable bonds is 8. The van der Waals surface area contributed by atoms with Crippen LogP contribution < -0.4 is 10.3 Å². The topological polar surface area (TPSA) is 48.3 Å². The summed E-state index contributed by atoms with van der Waals surface area (Å²) in [6.45, 7) is 1.88. The number of ketones is 1. The average Bonchev–Trinajstić information content (AvgIpc) is 3.23. The fraction of sp³-hybridized carbons (Fsp3) is 0.185. The molecule has 4 aromatic rings.